The molecule has 0 aliphatic carbocycles. The van der Waals surface area contributed by atoms with Crippen LogP contribution in [0.3, 0.4) is 0 Å². The summed E-state index contributed by atoms with van der Waals surface area (Å²) < 4.78 is 39.5. The molecule has 138 valence electrons. The van der Waals surface area contributed by atoms with Gasteiger partial charge in [-0.05, 0) is 47.9 Å². The van der Waals surface area contributed by atoms with Gasteiger partial charge < -0.3 is 10.4 Å². The minimum absolute atomic E-state index is 0.294. The van der Waals surface area contributed by atoms with Crippen molar-refractivity contribution in [3.05, 3.63) is 63.6 Å². The lowest BCUT2D eigenvalue weighted by Crippen LogP contribution is -2.39. The standard InChI is InChI=1S/C18H16BrF3N2O2/c1-17(26,18(20,21)22)11-2-5-13(6-3-11)24-16(25)15-14-7-4-12(19)8-10(14)9-23-15/h2-8,15,23,26H,9H2,1H3,(H,24,25). The van der Waals surface area contributed by atoms with Gasteiger partial charge in [-0.25, -0.2) is 0 Å². The second-order valence-corrected chi connectivity index (χ2v) is 7.21. The summed E-state index contributed by atoms with van der Waals surface area (Å²) in [5.41, 5.74) is -1.02. The summed E-state index contributed by atoms with van der Waals surface area (Å²) in [7, 11) is 0. The Hall–Kier alpha value is -1.90. The van der Waals surface area contributed by atoms with Crippen LogP contribution in [0.2, 0.25) is 0 Å². The summed E-state index contributed by atoms with van der Waals surface area (Å²) in [6.45, 7) is 1.25. The molecule has 2 unspecified atom stereocenters. The maximum absolute atomic E-state index is 12.9. The van der Waals surface area contributed by atoms with Crippen LogP contribution < -0.4 is 10.6 Å². The van der Waals surface area contributed by atoms with Gasteiger partial charge in [0.25, 0.3) is 0 Å². The van der Waals surface area contributed by atoms with E-state index < -0.39 is 17.8 Å². The lowest BCUT2D eigenvalue weighted by Gasteiger charge is -2.26. The summed E-state index contributed by atoms with van der Waals surface area (Å²) >= 11 is 3.38. The molecule has 1 aliphatic rings. The van der Waals surface area contributed by atoms with Crippen molar-refractivity contribution in [2.45, 2.75) is 31.3 Å². The monoisotopic (exact) mass is 428 g/mol. The third kappa shape index (κ3) is 3.49. The first-order valence-electron chi connectivity index (χ1n) is 7.82. The van der Waals surface area contributed by atoms with E-state index in [4.69, 9.17) is 0 Å². The lowest BCUT2D eigenvalue weighted by molar-refractivity contribution is -0.258. The number of fused-ring (bicyclic) bond motifs is 1. The number of hydrogen-bond donors (Lipinski definition) is 3. The Morgan fingerprint density at radius 3 is 2.50 bits per heavy atom. The molecular formula is C18H16BrF3N2O2. The predicted molar refractivity (Wildman–Crippen MR) is 94.4 cm³/mol. The predicted octanol–water partition coefficient (Wildman–Crippen LogP) is 4.00. The number of benzene rings is 2. The number of amides is 1. The third-order valence-electron chi connectivity index (χ3n) is 4.44. The zero-order chi connectivity index (χ0) is 19.1. The molecular weight excluding hydrogens is 413 g/mol. The van der Waals surface area contributed by atoms with Crippen molar-refractivity contribution in [1.82, 2.24) is 5.32 Å². The Labute approximate surface area is 156 Å². The van der Waals surface area contributed by atoms with Crippen LogP contribution in [0, 0.1) is 0 Å². The molecule has 3 rings (SSSR count). The molecule has 2 aromatic rings. The van der Waals surface area contributed by atoms with Crippen LogP contribution in [-0.2, 0) is 16.9 Å². The number of aliphatic hydroxyl groups is 1. The first-order chi connectivity index (χ1) is 12.1. The van der Waals surface area contributed by atoms with E-state index in [9.17, 15) is 23.1 Å². The van der Waals surface area contributed by atoms with Gasteiger partial charge in [0.05, 0.1) is 0 Å². The summed E-state index contributed by atoms with van der Waals surface area (Å²) in [4.78, 5) is 12.5. The van der Waals surface area contributed by atoms with Gasteiger partial charge in [0.1, 0.15) is 6.04 Å². The van der Waals surface area contributed by atoms with E-state index in [2.05, 4.69) is 26.6 Å². The summed E-state index contributed by atoms with van der Waals surface area (Å²) in [5.74, 6) is -0.304. The minimum Gasteiger partial charge on any atom is -0.376 e. The second kappa shape index (κ2) is 6.68. The molecule has 0 aromatic heterocycles. The van der Waals surface area contributed by atoms with E-state index in [1.807, 2.05) is 18.2 Å². The molecule has 2 aromatic carbocycles. The fraction of sp³-hybridized carbons (Fsp3) is 0.278. The van der Waals surface area contributed by atoms with Gasteiger partial charge in [0.2, 0.25) is 5.91 Å². The Kier molecular flexibility index (Phi) is 4.85. The molecule has 8 heteroatoms. The number of rotatable bonds is 3. The molecule has 0 saturated heterocycles. The Bertz CT molecular complexity index is 835. The number of nitrogens with one attached hydrogen (secondary N) is 2. The molecule has 0 bridgehead atoms. The van der Waals surface area contributed by atoms with E-state index in [1.54, 1.807) is 0 Å². The number of hydrogen-bond acceptors (Lipinski definition) is 3. The molecule has 3 N–H and O–H groups in total. The Balaban J connectivity index is 1.74. The van der Waals surface area contributed by atoms with Crippen LogP contribution in [0.1, 0.15) is 29.7 Å². The fourth-order valence-corrected chi connectivity index (χ4v) is 3.23. The van der Waals surface area contributed by atoms with Crippen LogP contribution in [0.5, 0.6) is 0 Å². The van der Waals surface area contributed by atoms with E-state index in [0.717, 1.165) is 27.7 Å². The van der Waals surface area contributed by atoms with Gasteiger partial charge >= 0.3 is 6.18 Å². The average Bonchev–Trinajstić information content (AvgIpc) is 2.97. The van der Waals surface area contributed by atoms with Crippen molar-refractivity contribution in [1.29, 1.82) is 0 Å². The van der Waals surface area contributed by atoms with E-state index in [1.165, 1.54) is 12.1 Å². The van der Waals surface area contributed by atoms with Crippen molar-refractivity contribution in [2.24, 2.45) is 0 Å². The number of carbonyl (C=O) groups excluding carboxylic acids is 1. The fourth-order valence-electron chi connectivity index (χ4n) is 2.82. The summed E-state index contributed by atoms with van der Waals surface area (Å²) in [5, 5.41) is 15.5. The van der Waals surface area contributed by atoms with Crippen molar-refractivity contribution in [3.8, 4) is 0 Å². The maximum atomic E-state index is 12.9. The van der Waals surface area contributed by atoms with Crippen LogP contribution in [0.25, 0.3) is 0 Å². The largest absolute Gasteiger partial charge is 0.421 e. The molecule has 1 heterocycles. The van der Waals surface area contributed by atoms with Crippen LogP contribution >= 0.6 is 15.9 Å². The first kappa shape index (κ1) is 18.9. The molecule has 4 nitrogen and oxygen atoms in total. The van der Waals surface area contributed by atoms with Crippen LogP contribution in [0.4, 0.5) is 18.9 Å². The molecule has 1 aliphatic heterocycles. The molecule has 0 spiro atoms. The maximum Gasteiger partial charge on any atom is 0.421 e. The van der Waals surface area contributed by atoms with Gasteiger partial charge in [-0.15, -0.1) is 0 Å². The van der Waals surface area contributed by atoms with Crippen molar-refractivity contribution < 1.29 is 23.1 Å². The SMILES string of the molecule is CC(O)(c1ccc(NC(=O)C2NCc3cc(Br)ccc32)cc1)C(F)(F)F. The molecule has 26 heavy (non-hydrogen) atoms. The Morgan fingerprint density at radius 1 is 1.23 bits per heavy atom. The zero-order valence-corrected chi connectivity index (χ0v) is 15.3. The minimum atomic E-state index is -4.79. The highest BCUT2D eigenvalue weighted by Crippen LogP contribution is 2.38. The van der Waals surface area contributed by atoms with E-state index in [0.29, 0.717) is 19.2 Å². The summed E-state index contributed by atoms with van der Waals surface area (Å²) in [6.07, 6.45) is -4.79. The quantitative estimate of drug-likeness (QED) is 0.692. The van der Waals surface area contributed by atoms with Gasteiger partial charge in [0.15, 0.2) is 5.60 Å². The number of halogens is 4. The van der Waals surface area contributed by atoms with Gasteiger partial charge in [-0.2, -0.15) is 13.2 Å². The average molecular weight is 429 g/mol. The highest BCUT2D eigenvalue weighted by atomic mass is 79.9. The van der Waals surface area contributed by atoms with Gasteiger partial charge in [-0.3, -0.25) is 10.1 Å². The highest BCUT2D eigenvalue weighted by molar-refractivity contribution is 9.10. The third-order valence-corrected chi connectivity index (χ3v) is 4.93. The first-order valence-corrected chi connectivity index (χ1v) is 8.61. The topological polar surface area (TPSA) is 61.4 Å². The number of carbonyl (C=O) groups is 1. The normalized spacial score (nSPS) is 18.9. The number of alkyl halides is 3. The smallest absolute Gasteiger partial charge is 0.376 e. The van der Waals surface area contributed by atoms with Gasteiger partial charge in [-0.1, -0.05) is 34.1 Å². The molecule has 0 saturated carbocycles. The van der Waals surface area contributed by atoms with Crippen molar-refractivity contribution in [3.63, 3.8) is 0 Å². The lowest BCUT2D eigenvalue weighted by atomic mass is 9.95. The van der Waals surface area contributed by atoms with Crippen molar-refractivity contribution in [2.75, 3.05) is 5.32 Å². The second-order valence-electron chi connectivity index (χ2n) is 6.29. The zero-order valence-electron chi connectivity index (χ0n) is 13.7. The molecule has 0 fully saturated rings. The van der Waals surface area contributed by atoms with E-state index >= 15 is 0 Å². The Morgan fingerprint density at radius 2 is 1.88 bits per heavy atom. The van der Waals surface area contributed by atoms with Crippen LogP contribution in [-0.4, -0.2) is 17.2 Å². The van der Waals surface area contributed by atoms with E-state index in [-0.39, 0.29) is 11.5 Å². The molecule has 2 atom stereocenters. The van der Waals surface area contributed by atoms with Gasteiger partial charge in [0, 0.05) is 16.7 Å². The van der Waals surface area contributed by atoms with Crippen LogP contribution in [0.15, 0.2) is 46.9 Å². The number of anilines is 1. The van der Waals surface area contributed by atoms with Crippen molar-refractivity contribution >= 4 is 27.5 Å². The summed E-state index contributed by atoms with van der Waals surface area (Å²) in [6, 6.07) is 10.1. The molecule has 1 amide bonds. The molecule has 0 radical (unpaired) electrons. The highest BCUT2D eigenvalue weighted by Gasteiger charge is 2.51.